The van der Waals surface area contributed by atoms with Gasteiger partial charge >= 0.3 is 0 Å². The van der Waals surface area contributed by atoms with E-state index in [9.17, 15) is 9.90 Å². The van der Waals surface area contributed by atoms with Crippen molar-refractivity contribution in [2.24, 2.45) is 5.92 Å². The van der Waals surface area contributed by atoms with Crippen LogP contribution < -0.4 is 0 Å². The topological polar surface area (TPSA) is 43.8 Å². The van der Waals surface area contributed by atoms with Gasteiger partial charge in [-0.2, -0.15) is 0 Å². The van der Waals surface area contributed by atoms with Crippen LogP contribution in [0, 0.1) is 5.92 Å². The van der Waals surface area contributed by atoms with Crippen LogP contribution in [0.5, 0.6) is 0 Å². The Kier molecular flexibility index (Phi) is 4.28. The van der Waals surface area contributed by atoms with Crippen molar-refractivity contribution in [2.75, 3.05) is 33.7 Å². The van der Waals surface area contributed by atoms with E-state index in [-0.39, 0.29) is 5.91 Å². The summed E-state index contributed by atoms with van der Waals surface area (Å²) in [4.78, 5) is 16.3. The van der Waals surface area contributed by atoms with Crippen LogP contribution in [0.25, 0.3) is 0 Å². The highest BCUT2D eigenvalue weighted by atomic mass is 16.3. The van der Waals surface area contributed by atoms with E-state index in [4.69, 9.17) is 0 Å². The van der Waals surface area contributed by atoms with E-state index >= 15 is 0 Å². The minimum absolute atomic E-state index is 0.106. The molecule has 18 heavy (non-hydrogen) atoms. The highest BCUT2D eigenvalue weighted by Gasteiger charge is 2.34. The van der Waals surface area contributed by atoms with Crippen molar-refractivity contribution < 1.29 is 9.90 Å². The summed E-state index contributed by atoms with van der Waals surface area (Å²) in [6.07, 6.45) is 5.18. The zero-order chi connectivity index (χ0) is 13.2. The summed E-state index contributed by atoms with van der Waals surface area (Å²) >= 11 is 0. The third kappa shape index (κ3) is 3.45. The second-order valence-corrected chi connectivity index (χ2v) is 6.30. The van der Waals surface area contributed by atoms with Crippen LogP contribution in [0.4, 0.5) is 0 Å². The Morgan fingerprint density at radius 3 is 2.67 bits per heavy atom. The molecule has 0 aromatic carbocycles. The monoisotopic (exact) mass is 254 g/mol. The van der Waals surface area contributed by atoms with Crippen molar-refractivity contribution in [3.8, 4) is 0 Å². The molecule has 1 heterocycles. The number of hydrogen-bond acceptors (Lipinski definition) is 3. The lowest BCUT2D eigenvalue weighted by molar-refractivity contribution is -0.135. The van der Waals surface area contributed by atoms with Gasteiger partial charge in [0.15, 0.2) is 0 Å². The standard InChI is InChI=1S/C14H26N2O2/c1-15-8-5-12(10-15)11-16(2)13(17)9-14(18)6-3-4-7-14/h12,18H,3-11H2,1-2H3. The molecule has 0 aromatic rings. The van der Waals surface area contributed by atoms with Gasteiger partial charge in [0, 0.05) is 20.1 Å². The van der Waals surface area contributed by atoms with Crippen LogP contribution in [0.2, 0.25) is 0 Å². The van der Waals surface area contributed by atoms with Crippen LogP contribution in [-0.2, 0) is 4.79 Å². The molecule has 1 amide bonds. The Hall–Kier alpha value is -0.610. The molecule has 2 rings (SSSR count). The van der Waals surface area contributed by atoms with Gasteiger partial charge in [-0.25, -0.2) is 0 Å². The number of likely N-dealkylation sites (tertiary alicyclic amines) is 1. The number of carbonyl (C=O) groups is 1. The first-order valence-electron chi connectivity index (χ1n) is 7.13. The van der Waals surface area contributed by atoms with E-state index in [1.807, 2.05) is 11.9 Å². The number of rotatable bonds is 4. The smallest absolute Gasteiger partial charge is 0.225 e. The Bertz CT molecular complexity index is 300. The number of carbonyl (C=O) groups excluding carboxylic acids is 1. The largest absolute Gasteiger partial charge is 0.389 e. The second-order valence-electron chi connectivity index (χ2n) is 6.30. The molecule has 1 saturated carbocycles. The molecular formula is C14H26N2O2. The second kappa shape index (κ2) is 5.57. The lowest BCUT2D eigenvalue weighted by atomic mass is 9.97. The van der Waals surface area contributed by atoms with Crippen LogP contribution in [0.1, 0.15) is 38.5 Å². The van der Waals surface area contributed by atoms with E-state index < -0.39 is 5.60 Å². The molecule has 104 valence electrons. The maximum absolute atomic E-state index is 12.1. The Morgan fingerprint density at radius 2 is 2.11 bits per heavy atom. The fourth-order valence-corrected chi connectivity index (χ4v) is 3.29. The minimum atomic E-state index is -0.711. The summed E-state index contributed by atoms with van der Waals surface area (Å²) in [5.41, 5.74) is -0.711. The average molecular weight is 254 g/mol. The summed E-state index contributed by atoms with van der Waals surface area (Å²) in [7, 11) is 4.00. The van der Waals surface area contributed by atoms with Gasteiger partial charge in [0.2, 0.25) is 5.91 Å². The van der Waals surface area contributed by atoms with Gasteiger partial charge in [-0.1, -0.05) is 12.8 Å². The van der Waals surface area contributed by atoms with Gasteiger partial charge in [0.25, 0.3) is 0 Å². The predicted octanol–water partition coefficient (Wildman–Crippen LogP) is 1.09. The van der Waals surface area contributed by atoms with Crippen LogP contribution in [0.3, 0.4) is 0 Å². The summed E-state index contributed by atoms with van der Waals surface area (Å²) in [6, 6.07) is 0. The molecule has 1 aliphatic carbocycles. The fraction of sp³-hybridized carbons (Fsp3) is 0.929. The molecule has 4 nitrogen and oxygen atoms in total. The summed E-state index contributed by atoms with van der Waals surface area (Å²) in [6.45, 7) is 3.05. The highest BCUT2D eigenvalue weighted by molar-refractivity contribution is 5.77. The third-order valence-electron chi connectivity index (χ3n) is 4.46. The van der Waals surface area contributed by atoms with Crippen molar-refractivity contribution in [2.45, 2.75) is 44.1 Å². The van der Waals surface area contributed by atoms with Crippen LogP contribution in [-0.4, -0.2) is 60.1 Å². The normalized spacial score (nSPS) is 27.6. The van der Waals surface area contributed by atoms with E-state index in [0.29, 0.717) is 12.3 Å². The molecular weight excluding hydrogens is 228 g/mol. The maximum atomic E-state index is 12.1. The molecule has 0 spiro atoms. The molecule has 0 radical (unpaired) electrons. The van der Waals surface area contributed by atoms with E-state index in [0.717, 1.165) is 45.3 Å². The first-order chi connectivity index (χ1) is 8.48. The quantitative estimate of drug-likeness (QED) is 0.817. The molecule has 0 bridgehead atoms. The van der Waals surface area contributed by atoms with Crippen molar-refractivity contribution in [1.29, 1.82) is 0 Å². The van der Waals surface area contributed by atoms with Gasteiger partial charge in [0.05, 0.1) is 12.0 Å². The molecule has 2 aliphatic rings. The van der Waals surface area contributed by atoms with Gasteiger partial charge in [-0.3, -0.25) is 4.79 Å². The van der Waals surface area contributed by atoms with Crippen molar-refractivity contribution >= 4 is 5.91 Å². The Labute approximate surface area is 110 Å². The fourth-order valence-electron chi connectivity index (χ4n) is 3.29. The molecule has 1 aliphatic heterocycles. The van der Waals surface area contributed by atoms with E-state index in [2.05, 4.69) is 11.9 Å². The predicted molar refractivity (Wildman–Crippen MR) is 71.3 cm³/mol. The van der Waals surface area contributed by atoms with Crippen molar-refractivity contribution in [3.05, 3.63) is 0 Å². The van der Waals surface area contributed by atoms with Gasteiger partial charge in [0.1, 0.15) is 0 Å². The molecule has 1 saturated heterocycles. The minimum Gasteiger partial charge on any atom is -0.389 e. The van der Waals surface area contributed by atoms with Crippen LogP contribution >= 0.6 is 0 Å². The molecule has 1 N–H and O–H groups in total. The SMILES string of the molecule is CN1CCC(CN(C)C(=O)CC2(O)CCCC2)C1. The third-order valence-corrected chi connectivity index (χ3v) is 4.46. The molecule has 1 unspecified atom stereocenters. The average Bonchev–Trinajstić information content (AvgIpc) is 2.88. The van der Waals surface area contributed by atoms with Crippen molar-refractivity contribution in [1.82, 2.24) is 9.80 Å². The zero-order valence-corrected chi connectivity index (χ0v) is 11.7. The summed E-state index contributed by atoms with van der Waals surface area (Å²) in [5.74, 6) is 0.705. The van der Waals surface area contributed by atoms with E-state index in [1.54, 1.807) is 0 Å². The number of hydrogen-bond donors (Lipinski definition) is 1. The van der Waals surface area contributed by atoms with Gasteiger partial charge in [-0.15, -0.1) is 0 Å². The van der Waals surface area contributed by atoms with Gasteiger partial charge < -0.3 is 14.9 Å². The first-order valence-corrected chi connectivity index (χ1v) is 7.13. The zero-order valence-electron chi connectivity index (χ0n) is 11.7. The molecule has 4 heteroatoms. The Morgan fingerprint density at radius 1 is 1.44 bits per heavy atom. The summed E-state index contributed by atoms with van der Waals surface area (Å²) in [5, 5.41) is 10.3. The molecule has 1 atom stereocenters. The number of nitrogens with zero attached hydrogens (tertiary/aromatic N) is 2. The first kappa shape index (κ1) is 13.8. The summed E-state index contributed by atoms with van der Waals surface area (Å²) < 4.78 is 0. The Balaban J connectivity index is 1.77. The lowest BCUT2D eigenvalue weighted by Gasteiger charge is -2.27. The highest BCUT2D eigenvalue weighted by Crippen LogP contribution is 2.32. The number of aliphatic hydroxyl groups is 1. The molecule has 0 aromatic heterocycles. The van der Waals surface area contributed by atoms with E-state index in [1.165, 1.54) is 6.42 Å². The molecule has 2 fully saturated rings. The maximum Gasteiger partial charge on any atom is 0.225 e. The number of amides is 1. The van der Waals surface area contributed by atoms with Crippen molar-refractivity contribution in [3.63, 3.8) is 0 Å². The van der Waals surface area contributed by atoms with Gasteiger partial charge in [-0.05, 0) is 38.8 Å². The lowest BCUT2D eigenvalue weighted by Crippen LogP contribution is -2.38. The van der Waals surface area contributed by atoms with Crippen LogP contribution in [0.15, 0.2) is 0 Å².